The van der Waals surface area contributed by atoms with Gasteiger partial charge in [-0.3, -0.25) is 9.78 Å². The molecule has 3 heterocycles. The molecule has 5 rings (SSSR count). The Hall–Kier alpha value is -3.59. The number of amides is 1. The number of rotatable bonds is 4. The van der Waals surface area contributed by atoms with Crippen LogP contribution in [0.4, 0.5) is 13.2 Å². The Morgan fingerprint density at radius 2 is 1.88 bits per heavy atom. The number of ether oxygens (including phenoxy) is 2. The average molecular weight is 470 g/mol. The van der Waals surface area contributed by atoms with E-state index in [2.05, 4.69) is 15.0 Å². The van der Waals surface area contributed by atoms with Gasteiger partial charge in [-0.05, 0) is 35.9 Å². The molecule has 168 valence electrons. The number of benzene rings is 2. The molecule has 0 aliphatic carbocycles. The summed E-state index contributed by atoms with van der Waals surface area (Å²) in [6.07, 6.45) is -2.85. The SMILES string of the molecule is O=C(N[C@]1(c2ccc(OC(F)(F)F)cc2)CCOc2cccnc21)c1csc2ccccc12. The third kappa shape index (κ3) is 4.00. The van der Waals surface area contributed by atoms with E-state index in [-0.39, 0.29) is 11.7 Å². The van der Waals surface area contributed by atoms with Gasteiger partial charge in [0.05, 0.1) is 12.2 Å². The Morgan fingerprint density at radius 3 is 2.67 bits per heavy atom. The molecule has 2 aromatic heterocycles. The van der Waals surface area contributed by atoms with Crippen molar-refractivity contribution in [1.29, 1.82) is 0 Å². The predicted molar refractivity (Wildman–Crippen MR) is 118 cm³/mol. The van der Waals surface area contributed by atoms with Crippen molar-refractivity contribution in [2.45, 2.75) is 18.3 Å². The van der Waals surface area contributed by atoms with Gasteiger partial charge >= 0.3 is 6.36 Å². The molecule has 0 bridgehead atoms. The highest BCUT2D eigenvalue weighted by Gasteiger charge is 2.43. The first-order valence-electron chi connectivity index (χ1n) is 10.1. The Morgan fingerprint density at radius 1 is 1.09 bits per heavy atom. The first-order valence-corrected chi connectivity index (χ1v) is 11.0. The molecule has 9 heteroatoms. The van der Waals surface area contributed by atoms with Gasteiger partial charge in [0.25, 0.3) is 5.91 Å². The Kier molecular flexibility index (Phi) is 5.20. The average Bonchev–Trinajstić information content (AvgIpc) is 3.23. The summed E-state index contributed by atoms with van der Waals surface area (Å²) in [6.45, 7) is 0.296. The van der Waals surface area contributed by atoms with E-state index >= 15 is 0 Å². The second-order valence-corrected chi connectivity index (χ2v) is 8.44. The zero-order chi connectivity index (χ0) is 23.1. The van der Waals surface area contributed by atoms with Crippen LogP contribution in [0.2, 0.25) is 0 Å². The van der Waals surface area contributed by atoms with Crippen LogP contribution in [0.3, 0.4) is 0 Å². The van der Waals surface area contributed by atoms with Gasteiger partial charge in [0.15, 0.2) is 0 Å². The van der Waals surface area contributed by atoms with Gasteiger partial charge in [-0.2, -0.15) is 0 Å². The maximum absolute atomic E-state index is 13.5. The van der Waals surface area contributed by atoms with Crippen LogP contribution in [0.15, 0.2) is 72.2 Å². The van der Waals surface area contributed by atoms with E-state index in [1.165, 1.54) is 35.6 Å². The summed E-state index contributed by atoms with van der Waals surface area (Å²) < 4.78 is 48.6. The third-order valence-corrected chi connectivity index (χ3v) is 6.51. The van der Waals surface area contributed by atoms with Crippen LogP contribution in [-0.2, 0) is 5.54 Å². The van der Waals surface area contributed by atoms with Gasteiger partial charge in [0, 0.05) is 28.1 Å². The number of pyridine rings is 1. The molecule has 0 fully saturated rings. The van der Waals surface area contributed by atoms with Crippen molar-refractivity contribution in [3.05, 3.63) is 89.1 Å². The fourth-order valence-corrected chi connectivity index (χ4v) is 5.03. The lowest BCUT2D eigenvalue weighted by molar-refractivity contribution is -0.274. The number of carbonyl (C=O) groups excluding carboxylic acids is 1. The zero-order valence-corrected chi connectivity index (χ0v) is 17.9. The van der Waals surface area contributed by atoms with Crippen molar-refractivity contribution >= 4 is 27.3 Å². The molecule has 0 saturated carbocycles. The number of fused-ring (bicyclic) bond motifs is 2. The van der Waals surface area contributed by atoms with Crippen molar-refractivity contribution < 1.29 is 27.4 Å². The Labute approximate surface area is 190 Å². The topological polar surface area (TPSA) is 60.5 Å². The number of aromatic nitrogens is 1. The van der Waals surface area contributed by atoms with Gasteiger partial charge in [-0.1, -0.05) is 30.3 Å². The highest BCUT2D eigenvalue weighted by molar-refractivity contribution is 7.17. The standard InChI is InChI=1S/C24H17F3N2O3S/c25-24(26,27)32-16-9-7-15(8-10-16)23(11-13-31-19-5-3-12-28-21(19)23)29-22(30)18-14-33-20-6-2-1-4-17(18)20/h1-10,12,14H,11,13H2,(H,29,30)/t23-/m0/s1. The van der Waals surface area contributed by atoms with Crippen LogP contribution in [-0.4, -0.2) is 23.9 Å². The molecule has 1 amide bonds. The zero-order valence-electron chi connectivity index (χ0n) is 17.1. The summed E-state index contributed by atoms with van der Waals surface area (Å²) in [5.41, 5.74) is 0.504. The molecular formula is C24H17F3N2O3S. The van der Waals surface area contributed by atoms with E-state index in [1.54, 1.807) is 23.7 Å². The molecule has 0 radical (unpaired) electrons. The maximum Gasteiger partial charge on any atom is 0.573 e. The quantitative estimate of drug-likeness (QED) is 0.419. The summed E-state index contributed by atoms with van der Waals surface area (Å²) in [7, 11) is 0. The lowest BCUT2D eigenvalue weighted by Crippen LogP contribution is -2.50. The van der Waals surface area contributed by atoms with Gasteiger partial charge in [0.1, 0.15) is 22.7 Å². The molecule has 1 aliphatic rings. The number of alkyl halides is 3. The number of halogens is 3. The van der Waals surface area contributed by atoms with E-state index in [0.29, 0.717) is 35.6 Å². The van der Waals surface area contributed by atoms with Crippen LogP contribution in [0, 0.1) is 0 Å². The van der Waals surface area contributed by atoms with Crippen LogP contribution < -0.4 is 14.8 Å². The largest absolute Gasteiger partial charge is 0.573 e. The molecule has 5 nitrogen and oxygen atoms in total. The molecule has 1 N–H and O–H groups in total. The smallest absolute Gasteiger partial charge is 0.491 e. The molecule has 1 atom stereocenters. The number of nitrogens with one attached hydrogen (secondary N) is 1. The molecule has 0 spiro atoms. The summed E-state index contributed by atoms with van der Waals surface area (Å²) >= 11 is 1.47. The summed E-state index contributed by atoms with van der Waals surface area (Å²) in [5, 5.41) is 5.76. The van der Waals surface area contributed by atoms with Crippen molar-refractivity contribution in [2.75, 3.05) is 6.61 Å². The summed E-state index contributed by atoms with van der Waals surface area (Å²) in [4.78, 5) is 18.0. The molecule has 0 unspecified atom stereocenters. The number of nitrogens with zero attached hydrogens (tertiary/aromatic N) is 1. The molecule has 33 heavy (non-hydrogen) atoms. The van der Waals surface area contributed by atoms with Crippen LogP contribution in [0.5, 0.6) is 11.5 Å². The second kappa shape index (κ2) is 8.08. The van der Waals surface area contributed by atoms with Crippen LogP contribution >= 0.6 is 11.3 Å². The molecule has 0 saturated heterocycles. The van der Waals surface area contributed by atoms with Crippen molar-refractivity contribution in [2.24, 2.45) is 0 Å². The molecule has 1 aliphatic heterocycles. The van der Waals surface area contributed by atoms with Crippen LogP contribution in [0.25, 0.3) is 10.1 Å². The van der Waals surface area contributed by atoms with Crippen molar-refractivity contribution in [3.63, 3.8) is 0 Å². The van der Waals surface area contributed by atoms with Crippen molar-refractivity contribution in [1.82, 2.24) is 10.3 Å². The lowest BCUT2D eigenvalue weighted by Gasteiger charge is -2.39. The fourth-order valence-electron chi connectivity index (χ4n) is 4.09. The van der Waals surface area contributed by atoms with Crippen LogP contribution in [0.1, 0.15) is 28.0 Å². The van der Waals surface area contributed by atoms with Crippen molar-refractivity contribution in [3.8, 4) is 11.5 Å². The molecule has 2 aromatic carbocycles. The first-order chi connectivity index (χ1) is 15.9. The number of hydrogen-bond donors (Lipinski definition) is 1. The number of hydrogen-bond acceptors (Lipinski definition) is 5. The van der Waals surface area contributed by atoms with Gasteiger partial charge in [0.2, 0.25) is 0 Å². The minimum Gasteiger partial charge on any atom is -0.491 e. The minimum atomic E-state index is -4.79. The van der Waals surface area contributed by atoms with E-state index in [9.17, 15) is 18.0 Å². The predicted octanol–water partition coefficient (Wildman–Crippen LogP) is 5.65. The maximum atomic E-state index is 13.5. The minimum absolute atomic E-state index is 0.296. The number of thiophene rings is 1. The highest BCUT2D eigenvalue weighted by atomic mass is 32.1. The van der Waals surface area contributed by atoms with Gasteiger partial charge < -0.3 is 14.8 Å². The van der Waals surface area contributed by atoms with E-state index in [4.69, 9.17) is 4.74 Å². The Bertz CT molecular complexity index is 1320. The monoisotopic (exact) mass is 470 g/mol. The Balaban J connectivity index is 1.58. The molecular weight excluding hydrogens is 453 g/mol. The summed E-state index contributed by atoms with van der Waals surface area (Å²) in [5.74, 6) is -0.138. The molecule has 4 aromatic rings. The van der Waals surface area contributed by atoms with Gasteiger partial charge in [-0.15, -0.1) is 24.5 Å². The lowest BCUT2D eigenvalue weighted by atomic mass is 9.81. The normalized spacial score (nSPS) is 17.8. The summed E-state index contributed by atoms with van der Waals surface area (Å²) in [6, 6.07) is 16.6. The van der Waals surface area contributed by atoms with E-state index in [1.807, 2.05) is 24.3 Å². The van der Waals surface area contributed by atoms with Gasteiger partial charge in [-0.25, -0.2) is 0 Å². The second-order valence-electron chi connectivity index (χ2n) is 7.53. The highest BCUT2D eigenvalue weighted by Crippen LogP contribution is 2.41. The number of carbonyl (C=O) groups is 1. The van der Waals surface area contributed by atoms with E-state index in [0.717, 1.165) is 10.1 Å². The van der Waals surface area contributed by atoms with E-state index < -0.39 is 11.9 Å². The third-order valence-electron chi connectivity index (χ3n) is 5.54. The fraction of sp³-hybridized carbons (Fsp3) is 0.167. The first kappa shape index (κ1) is 21.3.